The van der Waals surface area contributed by atoms with Crippen molar-refractivity contribution in [1.82, 2.24) is 20.0 Å². The van der Waals surface area contributed by atoms with Gasteiger partial charge in [0.15, 0.2) is 5.96 Å². The fraction of sp³-hybridized carbons (Fsp3) is 0.696. The maximum absolute atomic E-state index is 5.53. The molecule has 0 aliphatic carbocycles. The molecule has 0 aromatic heterocycles. The minimum Gasteiger partial charge on any atom is -0.497 e. The van der Waals surface area contributed by atoms with E-state index in [9.17, 15) is 0 Å². The first-order valence-corrected chi connectivity index (χ1v) is 11.3. The highest BCUT2D eigenvalue weighted by Gasteiger charge is 2.20. The van der Waals surface area contributed by atoms with Crippen molar-refractivity contribution in [2.75, 3.05) is 73.6 Å². The molecule has 1 aromatic rings. The Hall–Kier alpha value is -1.99. The van der Waals surface area contributed by atoms with E-state index in [0.29, 0.717) is 0 Å². The van der Waals surface area contributed by atoms with Crippen LogP contribution in [0.5, 0.6) is 11.5 Å². The Bertz CT molecular complexity index is 640. The summed E-state index contributed by atoms with van der Waals surface area (Å²) >= 11 is 0. The highest BCUT2D eigenvalue weighted by Crippen LogP contribution is 2.25. The lowest BCUT2D eigenvalue weighted by Gasteiger charge is -2.36. The minimum atomic E-state index is 0.867. The molecule has 2 rings (SSSR count). The Kier molecular flexibility index (Phi) is 10.8. The number of ether oxygens (including phenoxy) is 2. The Balaban J connectivity index is 1.76. The van der Waals surface area contributed by atoms with Crippen molar-refractivity contribution in [3.05, 3.63) is 23.8 Å². The number of nitrogens with zero attached hydrogens (tertiary/aromatic N) is 4. The van der Waals surface area contributed by atoms with Crippen molar-refractivity contribution in [3.8, 4) is 11.5 Å². The zero-order chi connectivity index (χ0) is 21.8. The molecule has 7 nitrogen and oxygen atoms in total. The summed E-state index contributed by atoms with van der Waals surface area (Å²) in [5.41, 5.74) is 1.17. The largest absolute Gasteiger partial charge is 0.497 e. The molecule has 1 N–H and O–H groups in total. The number of benzene rings is 1. The molecule has 170 valence electrons. The molecule has 0 radical (unpaired) electrons. The Labute approximate surface area is 183 Å². The van der Waals surface area contributed by atoms with E-state index in [2.05, 4.69) is 44.9 Å². The van der Waals surface area contributed by atoms with E-state index < -0.39 is 0 Å². The van der Waals surface area contributed by atoms with Crippen LogP contribution < -0.4 is 14.8 Å². The molecule has 0 unspecified atom stereocenters. The van der Waals surface area contributed by atoms with Gasteiger partial charge in [-0.2, -0.15) is 0 Å². The lowest BCUT2D eigenvalue weighted by molar-refractivity contribution is 0.171. The zero-order valence-corrected chi connectivity index (χ0v) is 19.6. The summed E-state index contributed by atoms with van der Waals surface area (Å²) in [7, 11) is 5.30. The normalized spacial score (nSPS) is 15.5. The fourth-order valence-corrected chi connectivity index (χ4v) is 3.90. The lowest BCUT2D eigenvalue weighted by atomic mass is 10.1. The third-order valence-electron chi connectivity index (χ3n) is 5.84. The molecule has 0 spiro atoms. The monoisotopic (exact) mass is 419 g/mol. The summed E-state index contributed by atoms with van der Waals surface area (Å²) in [5.74, 6) is 2.81. The van der Waals surface area contributed by atoms with Gasteiger partial charge in [0.05, 0.1) is 14.2 Å². The van der Waals surface area contributed by atoms with Gasteiger partial charge in [-0.05, 0) is 50.7 Å². The Morgan fingerprint density at radius 1 is 1.07 bits per heavy atom. The van der Waals surface area contributed by atoms with Crippen molar-refractivity contribution < 1.29 is 9.47 Å². The second-order valence-corrected chi connectivity index (χ2v) is 7.65. The van der Waals surface area contributed by atoms with Crippen LogP contribution in [0.4, 0.5) is 0 Å². The van der Waals surface area contributed by atoms with E-state index in [1.807, 2.05) is 19.2 Å². The SMILES string of the molecule is CCN(CC)CCCCNC(=NC)N1CCN(Cc2cc(OC)ccc2OC)CC1. The molecule has 1 aromatic carbocycles. The number of rotatable bonds is 11. The van der Waals surface area contributed by atoms with Gasteiger partial charge in [-0.25, -0.2) is 0 Å². The lowest BCUT2D eigenvalue weighted by Crippen LogP contribution is -2.52. The van der Waals surface area contributed by atoms with Crippen LogP contribution in [0, 0.1) is 0 Å². The summed E-state index contributed by atoms with van der Waals surface area (Å²) in [5, 5.41) is 3.55. The number of hydrogen-bond acceptors (Lipinski definition) is 5. The maximum Gasteiger partial charge on any atom is 0.193 e. The van der Waals surface area contributed by atoms with E-state index in [1.54, 1.807) is 14.2 Å². The summed E-state index contributed by atoms with van der Waals surface area (Å²) < 4.78 is 10.9. The molecular formula is C23H41N5O2. The number of aliphatic imine (C=N–C) groups is 1. The van der Waals surface area contributed by atoms with Crippen molar-refractivity contribution in [2.24, 2.45) is 4.99 Å². The first-order chi connectivity index (χ1) is 14.6. The van der Waals surface area contributed by atoms with Gasteiger partial charge in [-0.1, -0.05) is 13.8 Å². The molecule has 30 heavy (non-hydrogen) atoms. The van der Waals surface area contributed by atoms with Gasteiger partial charge in [0.1, 0.15) is 11.5 Å². The van der Waals surface area contributed by atoms with E-state index in [4.69, 9.17) is 9.47 Å². The molecule has 0 saturated carbocycles. The molecule has 0 atom stereocenters. The van der Waals surface area contributed by atoms with Crippen LogP contribution in [0.1, 0.15) is 32.3 Å². The van der Waals surface area contributed by atoms with Gasteiger partial charge in [-0.15, -0.1) is 0 Å². The highest BCUT2D eigenvalue weighted by molar-refractivity contribution is 5.79. The summed E-state index contributed by atoms with van der Waals surface area (Å²) in [6, 6.07) is 6.00. The van der Waals surface area contributed by atoms with Crippen LogP contribution in [-0.2, 0) is 6.54 Å². The van der Waals surface area contributed by atoms with Crippen LogP contribution in [0.2, 0.25) is 0 Å². The number of piperazine rings is 1. The minimum absolute atomic E-state index is 0.867. The average molecular weight is 420 g/mol. The molecule has 1 saturated heterocycles. The standard InChI is InChI=1S/C23H41N5O2/c1-6-26(7-2)13-9-8-12-25-23(24-3)28-16-14-27(15-17-28)19-20-18-21(29-4)10-11-22(20)30-5/h10-11,18H,6-9,12-17,19H2,1-5H3,(H,24,25). The van der Waals surface area contributed by atoms with Gasteiger partial charge in [-0.3, -0.25) is 9.89 Å². The first kappa shape index (κ1) is 24.3. The van der Waals surface area contributed by atoms with Crippen LogP contribution in [0.3, 0.4) is 0 Å². The van der Waals surface area contributed by atoms with Crippen molar-refractivity contribution in [1.29, 1.82) is 0 Å². The number of guanidine groups is 1. The molecule has 1 fully saturated rings. The third kappa shape index (κ3) is 7.36. The maximum atomic E-state index is 5.53. The van der Waals surface area contributed by atoms with Crippen LogP contribution in [0.15, 0.2) is 23.2 Å². The fourth-order valence-electron chi connectivity index (χ4n) is 3.90. The number of methoxy groups -OCH3 is 2. The second kappa shape index (κ2) is 13.3. The van der Waals surface area contributed by atoms with Gasteiger partial charge in [0.25, 0.3) is 0 Å². The van der Waals surface area contributed by atoms with Gasteiger partial charge < -0.3 is 24.6 Å². The smallest absolute Gasteiger partial charge is 0.193 e. The Morgan fingerprint density at radius 2 is 1.80 bits per heavy atom. The van der Waals surface area contributed by atoms with Crippen molar-refractivity contribution in [2.45, 2.75) is 33.2 Å². The van der Waals surface area contributed by atoms with E-state index >= 15 is 0 Å². The predicted octanol–water partition coefficient (Wildman–Crippen LogP) is 2.52. The highest BCUT2D eigenvalue weighted by atomic mass is 16.5. The second-order valence-electron chi connectivity index (χ2n) is 7.65. The van der Waals surface area contributed by atoms with E-state index in [0.717, 1.165) is 69.8 Å². The van der Waals surface area contributed by atoms with E-state index in [-0.39, 0.29) is 0 Å². The summed E-state index contributed by atoms with van der Waals surface area (Å²) in [6.07, 6.45) is 2.40. The molecule has 1 aliphatic rings. The Morgan fingerprint density at radius 3 is 2.40 bits per heavy atom. The number of nitrogens with one attached hydrogen (secondary N) is 1. The summed E-state index contributed by atoms with van der Waals surface area (Å²) in [4.78, 5) is 11.8. The first-order valence-electron chi connectivity index (χ1n) is 11.3. The number of hydrogen-bond donors (Lipinski definition) is 1. The van der Waals surface area contributed by atoms with E-state index in [1.165, 1.54) is 24.9 Å². The number of unbranched alkanes of at least 4 members (excludes halogenated alkanes) is 1. The van der Waals surface area contributed by atoms with Crippen LogP contribution in [-0.4, -0.2) is 94.3 Å². The molecular weight excluding hydrogens is 378 g/mol. The topological polar surface area (TPSA) is 52.6 Å². The average Bonchev–Trinajstić information content (AvgIpc) is 2.79. The van der Waals surface area contributed by atoms with Gasteiger partial charge >= 0.3 is 0 Å². The van der Waals surface area contributed by atoms with Crippen LogP contribution >= 0.6 is 0 Å². The molecule has 1 aliphatic heterocycles. The summed E-state index contributed by atoms with van der Waals surface area (Å²) in [6.45, 7) is 13.7. The molecule has 1 heterocycles. The predicted molar refractivity (Wildman–Crippen MR) is 125 cm³/mol. The quantitative estimate of drug-likeness (QED) is 0.338. The van der Waals surface area contributed by atoms with Crippen molar-refractivity contribution in [3.63, 3.8) is 0 Å². The third-order valence-corrected chi connectivity index (χ3v) is 5.84. The molecule has 7 heteroatoms. The van der Waals surface area contributed by atoms with Gasteiger partial charge in [0.2, 0.25) is 0 Å². The van der Waals surface area contributed by atoms with Crippen molar-refractivity contribution >= 4 is 5.96 Å². The zero-order valence-electron chi connectivity index (χ0n) is 19.6. The molecule has 0 amide bonds. The van der Waals surface area contributed by atoms with Crippen LogP contribution in [0.25, 0.3) is 0 Å². The molecule has 0 bridgehead atoms. The van der Waals surface area contributed by atoms with Gasteiger partial charge in [0, 0.05) is 51.9 Å².